The molecule has 0 aliphatic carbocycles. The summed E-state index contributed by atoms with van der Waals surface area (Å²) in [5, 5.41) is 11.7. The maximum Gasteiger partial charge on any atom is 0.124 e. The number of benzene rings is 1. The smallest absolute Gasteiger partial charge is 0.124 e. The van der Waals surface area contributed by atoms with Crippen molar-refractivity contribution in [2.45, 2.75) is 6.92 Å². The molecule has 72 valence electrons. The third-order valence-corrected chi connectivity index (χ3v) is 3.88. The summed E-state index contributed by atoms with van der Waals surface area (Å²) in [6.45, 7) is 2.02. The van der Waals surface area contributed by atoms with Crippen LogP contribution in [0.25, 0.3) is 10.4 Å². The Kier molecular flexibility index (Phi) is 2.61. The lowest BCUT2D eigenvalue weighted by molar-refractivity contribution is 0.477. The topological polar surface area (TPSA) is 20.2 Å². The van der Waals surface area contributed by atoms with Gasteiger partial charge in [0, 0.05) is 10.0 Å². The van der Waals surface area contributed by atoms with E-state index in [0.717, 1.165) is 20.5 Å². The molecule has 0 spiro atoms. The number of rotatable bonds is 1. The van der Waals surface area contributed by atoms with Crippen molar-refractivity contribution in [3.63, 3.8) is 0 Å². The zero-order valence-corrected chi connectivity index (χ0v) is 10.0. The van der Waals surface area contributed by atoms with Crippen molar-refractivity contribution in [3.8, 4) is 16.2 Å². The molecule has 0 aliphatic heterocycles. The van der Waals surface area contributed by atoms with E-state index in [9.17, 15) is 5.11 Å². The molecular formula is C11H9BrOS. The van der Waals surface area contributed by atoms with E-state index in [2.05, 4.69) is 15.9 Å². The van der Waals surface area contributed by atoms with Crippen LogP contribution >= 0.6 is 27.3 Å². The predicted octanol–water partition coefficient (Wildman–Crippen LogP) is 4.19. The Labute approximate surface area is 95.2 Å². The molecule has 1 aromatic carbocycles. The molecule has 0 atom stereocenters. The summed E-state index contributed by atoms with van der Waals surface area (Å²) in [5.41, 5.74) is 2.05. The van der Waals surface area contributed by atoms with E-state index in [0.29, 0.717) is 5.75 Å². The third-order valence-electron chi connectivity index (χ3n) is 2.01. The van der Waals surface area contributed by atoms with E-state index >= 15 is 0 Å². The molecule has 0 radical (unpaired) electrons. The number of hydrogen-bond acceptors (Lipinski definition) is 2. The normalized spacial score (nSPS) is 10.4. The molecule has 2 rings (SSSR count). The predicted molar refractivity (Wildman–Crippen MR) is 63.9 cm³/mol. The van der Waals surface area contributed by atoms with Gasteiger partial charge < -0.3 is 5.11 Å². The molecule has 2 aromatic rings. The maximum atomic E-state index is 9.72. The molecule has 0 saturated carbocycles. The number of hydrogen-bond donors (Lipinski definition) is 1. The van der Waals surface area contributed by atoms with Gasteiger partial charge in [-0.25, -0.2) is 0 Å². The van der Waals surface area contributed by atoms with Crippen molar-refractivity contribution in [1.29, 1.82) is 0 Å². The summed E-state index contributed by atoms with van der Waals surface area (Å²) < 4.78 is 1.03. The van der Waals surface area contributed by atoms with Crippen molar-refractivity contribution < 1.29 is 5.11 Å². The van der Waals surface area contributed by atoms with Crippen LogP contribution in [0, 0.1) is 6.92 Å². The molecule has 0 fully saturated rings. The quantitative estimate of drug-likeness (QED) is 0.822. The van der Waals surface area contributed by atoms with Crippen molar-refractivity contribution in [2.75, 3.05) is 0 Å². The van der Waals surface area contributed by atoms with E-state index in [1.807, 2.05) is 30.5 Å². The van der Waals surface area contributed by atoms with Gasteiger partial charge in [0.25, 0.3) is 0 Å². The SMILES string of the molecule is Cc1ccc(O)c(-c2sccc2Br)c1. The molecule has 0 saturated heterocycles. The van der Waals surface area contributed by atoms with Gasteiger partial charge in [0.1, 0.15) is 5.75 Å². The fourth-order valence-electron chi connectivity index (χ4n) is 1.32. The highest BCUT2D eigenvalue weighted by molar-refractivity contribution is 9.10. The van der Waals surface area contributed by atoms with Gasteiger partial charge in [-0.05, 0) is 46.4 Å². The largest absolute Gasteiger partial charge is 0.507 e. The first-order valence-corrected chi connectivity index (χ1v) is 5.89. The van der Waals surface area contributed by atoms with Crippen LogP contribution in [-0.2, 0) is 0 Å². The fraction of sp³-hybridized carbons (Fsp3) is 0.0909. The van der Waals surface area contributed by atoms with Crippen molar-refractivity contribution in [2.24, 2.45) is 0 Å². The molecule has 1 nitrogen and oxygen atoms in total. The van der Waals surface area contributed by atoms with E-state index in [4.69, 9.17) is 0 Å². The molecule has 0 bridgehead atoms. The van der Waals surface area contributed by atoms with Crippen LogP contribution in [0.1, 0.15) is 5.56 Å². The second kappa shape index (κ2) is 3.75. The number of phenolic OH excluding ortho intramolecular Hbond substituents is 1. The molecule has 1 heterocycles. The van der Waals surface area contributed by atoms with Crippen LogP contribution in [0.2, 0.25) is 0 Å². The van der Waals surface area contributed by atoms with Gasteiger partial charge >= 0.3 is 0 Å². The van der Waals surface area contributed by atoms with Gasteiger partial charge in [0.2, 0.25) is 0 Å². The van der Waals surface area contributed by atoms with Crippen molar-refractivity contribution in [3.05, 3.63) is 39.7 Å². The Morgan fingerprint density at radius 3 is 2.71 bits per heavy atom. The second-order valence-corrected chi connectivity index (χ2v) is 4.89. The Morgan fingerprint density at radius 1 is 1.29 bits per heavy atom. The zero-order chi connectivity index (χ0) is 10.1. The maximum absolute atomic E-state index is 9.72. The first kappa shape index (κ1) is 9.74. The van der Waals surface area contributed by atoms with Crippen LogP contribution in [0.5, 0.6) is 5.75 Å². The lowest BCUT2D eigenvalue weighted by atomic mass is 10.1. The molecular weight excluding hydrogens is 260 g/mol. The van der Waals surface area contributed by atoms with E-state index in [1.165, 1.54) is 0 Å². The molecule has 0 aliphatic rings. The van der Waals surface area contributed by atoms with Gasteiger partial charge in [0.15, 0.2) is 0 Å². The fourth-order valence-corrected chi connectivity index (χ4v) is 2.93. The van der Waals surface area contributed by atoms with Gasteiger partial charge in [-0.1, -0.05) is 11.6 Å². The van der Waals surface area contributed by atoms with Gasteiger partial charge in [-0.2, -0.15) is 0 Å². The summed E-state index contributed by atoms with van der Waals surface area (Å²) in [5.74, 6) is 0.332. The molecule has 0 unspecified atom stereocenters. The van der Waals surface area contributed by atoms with Crippen LogP contribution in [0.4, 0.5) is 0 Å². The van der Waals surface area contributed by atoms with Crippen LogP contribution in [0.3, 0.4) is 0 Å². The van der Waals surface area contributed by atoms with Gasteiger partial charge in [-0.3, -0.25) is 0 Å². The first-order chi connectivity index (χ1) is 6.68. The number of aromatic hydroxyl groups is 1. The van der Waals surface area contributed by atoms with Crippen molar-refractivity contribution >= 4 is 27.3 Å². The summed E-state index contributed by atoms with van der Waals surface area (Å²) in [6.07, 6.45) is 0. The summed E-state index contributed by atoms with van der Waals surface area (Å²) in [6, 6.07) is 7.62. The van der Waals surface area contributed by atoms with E-state index in [1.54, 1.807) is 17.4 Å². The number of thiophene rings is 1. The Balaban J connectivity index is 2.62. The molecule has 0 amide bonds. The molecule has 1 N–H and O–H groups in total. The van der Waals surface area contributed by atoms with E-state index in [-0.39, 0.29) is 0 Å². The second-order valence-electron chi connectivity index (χ2n) is 3.12. The first-order valence-electron chi connectivity index (χ1n) is 4.21. The van der Waals surface area contributed by atoms with Gasteiger partial charge in [-0.15, -0.1) is 11.3 Å². The standard InChI is InChI=1S/C11H9BrOS/c1-7-2-3-10(13)8(6-7)11-9(12)4-5-14-11/h2-6,13H,1H3. The van der Waals surface area contributed by atoms with Crippen molar-refractivity contribution in [1.82, 2.24) is 0 Å². The molecule has 14 heavy (non-hydrogen) atoms. The zero-order valence-electron chi connectivity index (χ0n) is 7.62. The highest BCUT2D eigenvalue weighted by atomic mass is 79.9. The average Bonchev–Trinajstić information content (AvgIpc) is 2.56. The third kappa shape index (κ3) is 1.70. The minimum atomic E-state index is 0.332. The average molecular weight is 269 g/mol. The number of phenols is 1. The van der Waals surface area contributed by atoms with Crippen LogP contribution < -0.4 is 0 Å². The lowest BCUT2D eigenvalue weighted by Gasteiger charge is -2.03. The Hall–Kier alpha value is -0.800. The highest BCUT2D eigenvalue weighted by Crippen LogP contribution is 2.38. The highest BCUT2D eigenvalue weighted by Gasteiger charge is 2.08. The van der Waals surface area contributed by atoms with Crippen LogP contribution in [-0.4, -0.2) is 5.11 Å². The van der Waals surface area contributed by atoms with E-state index < -0.39 is 0 Å². The Bertz CT molecular complexity index is 462. The number of aryl methyl sites for hydroxylation is 1. The summed E-state index contributed by atoms with van der Waals surface area (Å²) in [4.78, 5) is 1.08. The molecule has 3 heteroatoms. The number of halogens is 1. The minimum absolute atomic E-state index is 0.332. The Morgan fingerprint density at radius 2 is 2.07 bits per heavy atom. The van der Waals surface area contributed by atoms with Gasteiger partial charge in [0.05, 0.1) is 4.88 Å². The van der Waals surface area contributed by atoms with Crippen LogP contribution in [0.15, 0.2) is 34.1 Å². The lowest BCUT2D eigenvalue weighted by Crippen LogP contribution is -1.78. The monoisotopic (exact) mass is 268 g/mol. The minimum Gasteiger partial charge on any atom is -0.507 e. The summed E-state index contributed by atoms with van der Waals surface area (Å²) >= 11 is 5.08. The summed E-state index contributed by atoms with van der Waals surface area (Å²) in [7, 11) is 0. The molecule has 1 aromatic heterocycles.